The largest absolute Gasteiger partial charge is 0.379 e. The van der Waals surface area contributed by atoms with Crippen LogP contribution in [0.25, 0.3) is 32.4 Å². The number of imidazole rings is 1. The number of rotatable bonds is 5. The lowest BCUT2D eigenvalue weighted by Crippen LogP contribution is -2.36. The number of fused-ring (bicyclic) bond motifs is 2. The fraction of sp³-hybridized carbons (Fsp3) is 0.208. The van der Waals surface area contributed by atoms with E-state index in [0.29, 0.717) is 11.6 Å². The smallest absolute Gasteiger partial charge is 0.172 e. The third-order valence-corrected chi connectivity index (χ3v) is 7.60. The number of halogens is 1. The SMILES string of the molecule is Clc1ccc2nc(Sc3nc(CN4CCOCC4)nc4scc(-c5ccccc5)c34)[nH]c2c1. The lowest BCUT2D eigenvalue weighted by Gasteiger charge is -2.25. The van der Waals surface area contributed by atoms with Gasteiger partial charge in [-0.05, 0) is 35.5 Å². The Bertz CT molecular complexity index is 1430. The van der Waals surface area contributed by atoms with Gasteiger partial charge in [-0.2, -0.15) is 0 Å². The van der Waals surface area contributed by atoms with Crippen molar-refractivity contribution in [3.63, 3.8) is 0 Å². The molecule has 0 saturated carbocycles. The first-order valence-corrected chi connectivity index (χ1v) is 12.8. The molecule has 1 N–H and O–H groups in total. The van der Waals surface area contributed by atoms with Crippen LogP contribution in [-0.2, 0) is 11.3 Å². The Morgan fingerprint density at radius 3 is 2.76 bits per heavy atom. The summed E-state index contributed by atoms with van der Waals surface area (Å²) >= 11 is 9.37. The summed E-state index contributed by atoms with van der Waals surface area (Å²) in [6, 6.07) is 16.1. The molecule has 1 saturated heterocycles. The van der Waals surface area contributed by atoms with E-state index in [1.165, 1.54) is 0 Å². The zero-order valence-corrected chi connectivity index (χ0v) is 20.0. The van der Waals surface area contributed by atoms with Gasteiger partial charge in [0.2, 0.25) is 0 Å². The number of ether oxygens (including phenoxy) is 1. The van der Waals surface area contributed by atoms with Gasteiger partial charge in [0.05, 0.1) is 36.2 Å². The van der Waals surface area contributed by atoms with Gasteiger partial charge in [0, 0.05) is 29.1 Å². The number of thiophene rings is 1. The molecule has 0 spiro atoms. The number of nitrogens with zero attached hydrogens (tertiary/aromatic N) is 4. The van der Waals surface area contributed by atoms with Gasteiger partial charge in [0.1, 0.15) is 15.7 Å². The molecule has 0 aliphatic carbocycles. The van der Waals surface area contributed by atoms with Crippen LogP contribution in [0.4, 0.5) is 0 Å². The van der Waals surface area contributed by atoms with Gasteiger partial charge in [0.25, 0.3) is 0 Å². The maximum atomic E-state index is 6.17. The number of hydrogen-bond donors (Lipinski definition) is 1. The zero-order chi connectivity index (χ0) is 22.2. The minimum absolute atomic E-state index is 0.684. The van der Waals surface area contributed by atoms with Gasteiger partial charge in [-0.25, -0.2) is 15.0 Å². The average molecular weight is 494 g/mol. The molecule has 4 heterocycles. The molecular weight excluding hydrogens is 474 g/mol. The predicted octanol–water partition coefficient (Wildman–Crippen LogP) is 5.87. The predicted molar refractivity (Wildman–Crippen MR) is 134 cm³/mol. The van der Waals surface area contributed by atoms with Crippen LogP contribution in [0.5, 0.6) is 0 Å². The van der Waals surface area contributed by atoms with Crippen molar-refractivity contribution in [3.05, 3.63) is 64.8 Å². The standard InChI is InChI=1S/C24H20ClN5OS2/c25-16-6-7-18-19(12-16)27-24(26-18)33-23-21-17(15-4-2-1-3-5-15)14-32-22(21)28-20(29-23)13-30-8-10-31-11-9-30/h1-7,12,14H,8-11,13H2,(H,26,27). The Morgan fingerprint density at radius 2 is 1.91 bits per heavy atom. The zero-order valence-electron chi connectivity index (χ0n) is 17.6. The van der Waals surface area contributed by atoms with Crippen molar-refractivity contribution < 1.29 is 4.74 Å². The highest BCUT2D eigenvalue weighted by atomic mass is 35.5. The Morgan fingerprint density at radius 1 is 1.06 bits per heavy atom. The lowest BCUT2D eigenvalue weighted by molar-refractivity contribution is 0.0330. The van der Waals surface area contributed by atoms with Gasteiger partial charge >= 0.3 is 0 Å². The van der Waals surface area contributed by atoms with E-state index in [2.05, 4.69) is 39.5 Å². The third kappa shape index (κ3) is 4.37. The molecular formula is C24H20ClN5OS2. The van der Waals surface area contributed by atoms with Crippen molar-refractivity contribution in [2.75, 3.05) is 26.3 Å². The molecule has 0 unspecified atom stereocenters. The van der Waals surface area contributed by atoms with Crippen molar-refractivity contribution in [2.45, 2.75) is 16.7 Å². The molecule has 166 valence electrons. The molecule has 3 aromatic heterocycles. The van der Waals surface area contributed by atoms with Crippen LogP contribution in [0.3, 0.4) is 0 Å². The Labute approximate surface area is 204 Å². The van der Waals surface area contributed by atoms with E-state index in [-0.39, 0.29) is 0 Å². The summed E-state index contributed by atoms with van der Waals surface area (Å²) in [5.74, 6) is 0.826. The van der Waals surface area contributed by atoms with E-state index in [9.17, 15) is 0 Å². The van der Waals surface area contributed by atoms with E-state index in [4.69, 9.17) is 31.3 Å². The molecule has 0 bridgehead atoms. The molecule has 9 heteroatoms. The quantitative estimate of drug-likeness (QED) is 0.309. The van der Waals surface area contributed by atoms with Gasteiger partial charge in [-0.1, -0.05) is 41.9 Å². The first-order valence-electron chi connectivity index (χ1n) is 10.7. The van der Waals surface area contributed by atoms with E-state index < -0.39 is 0 Å². The van der Waals surface area contributed by atoms with Crippen LogP contribution in [-0.4, -0.2) is 51.1 Å². The van der Waals surface area contributed by atoms with Crippen molar-refractivity contribution in [1.29, 1.82) is 0 Å². The second-order valence-electron chi connectivity index (χ2n) is 7.83. The Balaban J connectivity index is 1.44. The Hall–Kier alpha value is -2.49. The number of aromatic amines is 1. The summed E-state index contributed by atoms with van der Waals surface area (Å²) in [6.07, 6.45) is 0. The van der Waals surface area contributed by atoms with Gasteiger partial charge in [-0.15, -0.1) is 11.3 Å². The molecule has 0 atom stereocenters. The molecule has 1 aliphatic heterocycles. The highest BCUT2D eigenvalue weighted by Gasteiger charge is 2.20. The molecule has 5 aromatic rings. The van der Waals surface area contributed by atoms with Gasteiger partial charge < -0.3 is 9.72 Å². The van der Waals surface area contributed by atoms with Gasteiger partial charge in [-0.3, -0.25) is 4.90 Å². The van der Waals surface area contributed by atoms with Crippen LogP contribution < -0.4 is 0 Å². The molecule has 6 nitrogen and oxygen atoms in total. The van der Waals surface area contributed by atoms with Crippen LogP contribution in [0.2, 0.25) is 5.02 Å². The van der Waals surface area contributed by atoms with Crippen LogP contribution in [0.1, 0.15) is 5.82 Å². The van der Waals surface area contributed by atoms with E-state index in [1.807, 2.05) is 24.3 Å². The summed E-state index contributed by atoms with van der Waals surface area (Å²) in [5.41, 5.74) is 4.11. The number of morpholine rings is 1. The molecule has 1 fully saturated rings. The first-order chi connectivity index (χ1) is 16.2. The van der Waals surface area contributed by atoms with E-state index in [0.717, 1.165) is 74.7 Å². The number of H-pyrrole nitrogens is 1. The maximum absolute atomic E-state index is 6.17. The van der Waals surface area contributed by atoms with Crippen LogP contribution in [0, 0.1) is 0 Å². The van der Waals surface area contributed by atoms with Crippen molar-refractivity contribution in [3.8, 4) is 11.1 Å². The van der Waals surface area contributed by atoms with Crippen molar-refractivity contribution in [2.24, 2.45) is 0 Å². The molecule has 0 radical (unpaired) electrons. The second-order valence-corrected chi connectivity index (χ2v) is 10.1. The molecule has 1 aliphatic rings. The van der Waals surface area contributed by atoms with E-state index >= 15 is 0 Å². The third-order valence-electron chi connectivity index (χ3n) is 5.62. The fourth-order valence-electron chi connectivity index (χ4n) is 3.98. The fourth-order valence-corrected chi connectivity index (χ4v) is 6.13. The molecule has 0 amide bonds. The summed E-state index contributed by atoms with van der Waals surface area (Å²) < 4.78 is 5.49. The monoisotopic (exact) mass is 493 g/mol. The molecule has 33 heavy (non-hydrogen) atoms. The topological polar surface area (TPSA) is 66.9 Å². The number of aromatic nitrogens is 4. The number of benzene rings is 2. The highest BCUT2D eigenvalue weighted by Crippen LogP contribution is 2.40. The minimum atomic E-state index is 0.684. The highest BCUT2D eigenvalue weighted by molar-refractivity contribution is 7.99. The lowest BCUT2D eigenvalue weighted by atomic mass is 10.1. The number of nitrogens with one attached hydrogen (secondary N) is 1. The summed E-state index contributed by atoms with van der Waals surface area (Å²) in [4.78, 5) is 21.4. The van der Waals surface area contributed by atoms with Crippen LogP contribution in [0.15, 0.2) is 64.1 Å². The average Bonchev–Trinajstić information content (AvgIpc) is 3.44. The van der Waals surface area contributed by atoms with Gasteiger partial charge in [0.15, 0.2) is 5.16 Å². The summed E-state index contributed by atoms with van der Waals surface area (Å²) in [6.45, 7) is 4.01. The number of hydrogen-bond acceptors (Lipinski definition) is 7. The van der Waals surface area contributed by atoms with Crippen molar-refractivity contribution in [1.82, 2.24) is 24.8 Å². The van der Waals surface area contributed by atoms with Crippen LogP contribution >= 0.6 is 34.7 Å². The summed E-state index contributed by atoms with van der Waals surface area (Å²) in [5, 5.41) is 5.63. The van der Waals surface area contributed by atoms with Crippen molar-refractivity contribution >= 4 is 55.9 Å². The minimum Gasteiger partial charge on any atom is -0.379 e. The molecule has 6 rings (SSSR count). The second kappa shape index (κ2) is 9.04. The maximum Gasteiger partial charge on any atom is 0.172 e. The first kappa shape index (κ1) is 21.1. The van der Waals surface area contributed by atoms with E-state index in [1.54, 1.807) is 23.1 Å². The normalized spacial score (nSPS) is 14.9. The Kier molecular flexibility index (Phi) is 5.77. The summed E-state index contributed by atoms with van der Waals surface area (Å²) in [7, 11) is 0. The molecule has 2 aromatic carbocycles.